The number of halogens is 1. The van der Waals surface area contributed by atoms with Crippen LogP contribution in [-0.4, -0.2) is 39.1 Å². The van der Waals surface area contributed by atoms with E-state index in [2.05, 4.69) is 15.5 Å². The predicted octanol–water partition coefficient (Wildman–Crippen LogP) is 4.51. The van der Waals surface area contributed by atoms with E-state index >= 15 is 0 Å². The average Bonchev–Trinajstić information content (AvgIpc) is 3.38. The third-order valence-electron chi connectivity index (χ3n) is 4.62. The van der Waals surface area contributed by atoms with Crippen molar-refractivity contribution in [1.29, 1.82) is 0 Å². The van der Waals surface area contributed by atoms with Crippen LogP contribution in [0.15, 0.2) is 59.8 Å². The van der Waals surface area contributed by atoms with Crippen molar-refractivity contribution in [1.82, 2.24) is 14.8 Å². The molecule has 0 bridgehead atoms. The second-order valence-corrected chi connectivity index (χ2v) is 8.14. The molecule has 6 nitrogen and oxygen atoms in total. The summed E-state index contributed by atoms with van der Waals surface area (Å²) in [4.78, 5) is 12.3. The summed E-state index contributed by atoms with van der Waals surface area (Å²) in [5, 5.41) is 13.0. The summed E-state index contributed by atoms with van der Waals surface area (Å²) >= 11 is 7.39. The van der Waals surface area contributed by atoms with Crippen LogP contribution in [0, 0.1) is 0 Å². The van der Waals surface area contributed by atoms with Crippen LogP contribution in [0.5, 0.6) is 0 Å². The number of nitrogens with one attached hydrogen (secondary N) is 1. The average molecular weight is 429 g/mol. The van der Waals surface area contributed by atoms with E-state index in [4.69, 9.17) is 16.3 Å². The Morgan fingerprint density at radius 3 is 2.69 bits per heavy atom. The second kappa shape index (κ2) is 9.43. The SMILES string of the molecule is O=C(CSc1nnc(-c2ccc(Cl)cc2)n1C[C@@H]1CCCO1)Nc1ccccc1. The molecule has 2 heterocycles. The summed E-state index contributed by atoms with van der Waals surface area (Å²) < 4.78 is 7.85. The van der Waals surface area contributed by atoms with Crippen LogP contribution in [0.4, 0.5) is 5.69 Å². The molecule has 0 saturated carbocycles. The van der Waals surface area contributed by atoms with E-state index in [1.807, 2.05) is 59.2 Å². The van der Waals surface area contributed by atoms with E-state index < -0.39 is 0 Å². The summed E-state index contributed by atoms with van der Waals surface area (Å²) in [5.74, 6) is 0.920. The molecular weight excluding hydrogens is 408 g/mol. The van der Waals surface area contributed by atoms with Gasteiger partial charge in [-0.1, -0.05) is 41.6 Å². The second-order valence-electron chi connectivity index (χ2n) is 6.76. The maximum atomic E-state index is 12.3. The highest BCUT2D eigenvalue weighted by atomic mass is 35.5. The number of thioether (sulfide) groups is 1. The topological polar surface area (TPSA) is 69.0 Å². The zero-order valence-corrected chi connectivity index (χ0v) is 17.3. The molecule has 1 saturated heterocycles. The van der Waals surface area contributed by atoms with Gasteiger partial charge in [0.1, 0.15) is 0 Å². The zero-order valence-electron chi connectivity index (χ0n) is 15.8. The molecule has 0 spiro atoms. The van der Waals surface area contributed by atoms with Gasteiger partial charge in [-0.2, -0.15) is 0 Å². The lowest BCUT2D eigenvalue weighted by molar-refractivity contribution is -0.113. The summed E-state index contributed by atoms with van der Waals surface area (Å²) in [6, 6.07) is 16.9. The first-order valence-electron chi connectivity index (χ1n) is 9.47. The number of para-hydroxylation sites is 1. The molecule has 0 unspecified atom stereocenters. The van der Waals surface area contributed by atoms with E-state index in [0.717, 1.165) is 36.5 Å². The number of carbonyl (C=O) groups is 1. The van der Waals surface area contributed by atoms with E-state index in [1.54, 1.807) is 0 Å². The van der Waals surface area contributed by atoms with Crippen molar-refractivity contribution in [2.24, 2.45) is 0 Å². The number of benzene rings is 2. The van der Waals surface area contributed by atoms with E-state index in [0.29, 0.717) is 16.7 Å². The molecule has 0 radical (unpaired) electrons. The number of amides is 1. The summed E-state index contributed by atoms with van der Waals surface area (Å²) in [6.07, 6.45) is 2.21. The van der Waals surface area contributed by atoms with Crippen molar-refractivity contribution >= 4 is 35.0 Å². The number of nitrogens with zero attached hydrogens (tertiary/aromatic N) is 3. The maximum Gasteiger partial charge on any atom is 0.234 e. The van der Waals surface area contributed by atoms with Crippen LogP contribution in [0.1, 0.15) is 12.8 Å². The number of hydrogen-bond donors (Lipinski definition) is 1. The normalized spacial score (nSPS) is 16.1. The largest absolute Gasteiger partial charge is 0.376 e. The highest BCUT2D eigenvalue weighted by Gasteiger charge is 2.22. The molecule has 1 aromatic heterocycles. The standard InChI is InChI=1S/C21H21ClN4O2S/c22-16-10-8-15(9-11-16)20-24-25-21(26(20)13-18-7-4-12-28-18)29-14-19(27)23-17-5-2-1-3-6-17/h1-3,5-6,8-11,18H,4,7,12-14H2,(H,23,27)/t18-/m0/s1. The third-order valence-corrected chi connectivity index (χ3v) is 5.84. The van der Waals surface area contributed by atoms with Gasteiger partial charge in [-0.3, -0.25) is 9.36 Å². The van der Waals surface area contributed by atoms with E-state index in [-0.39, 0.29) is 17.8 Å². The summed E-state index contributed by atoms with van der Waals surface area (Å²) in [5.41, 5.74) is 1.71. The fourth-order valence-electron chi connectivity index (χ4n) is 3.21. The first-order chi connectivity index (χ1) is 14.2. The third kappa shape index (κ3) is 5.18. The van der Waals surface area contributed by atoms with Crippen LogP contribution < -0.4 is 5.32 Å². The highest BCUT2D eigenvalue weighted by molar-refractivity contribution is 7.99. The fraction of sp³-hybridized carbons (Fsp3) is 0.286. The molecule has 1 aliphatic rings. The Bertz CT molecular complexity index is 957. The molecular formula is C21H21ClN4O2S. The predicted molar refractivity (Wildman–Crippen MR) is 115 cm³/mol. The van der Waals surface area contributed by atoms with Crippen molar-refractivity contribution < 1.29 is 9.53 Å². The molecule has 1 aliphatic heterocycles. The Balaban J connectivity index is 1.50. The number of ether oxygens (including phenoxy) is 1. The van der Waals surface area contributed by atoms with Crippen LogP contribution in [0.2, 0.25) is 5.02 Å². The van der Waals surface area contributed by atoms with Crippen LogP contribution in [-0.2, 0) is 16.1 Å². The number of rotatable bonds is 7. The minimum absolute atomic E-state index is 0.0825. The van der Waals surface area contributed by atoms with Crippen LogP contribution >= 0.6 is 23.4 Å². The number of hydrogen-bond acceptors (Lipinski definition) is 5. The van der Waals surface area contributed by atoms with Gasteiger partial charge in [0.15, 0.2) is 11.0 Å². The Hall–Kier alpha value is -2.35. The number of carbonyl (C=O) groups excluding carboxylic acids is 1. The molecule has 29 heavy (non-hydrogen) atoms. The molecule has 1 amide bonds. The van der Waals surface area contributed by atoms with Gasteiger partial charge in [0.05, 0.1) is 18.4 Å². The van der Waals surface area contributed by atoms with Gasteiger partial charge in [0.25, 0.3) is 0 Å². The monoisotopic (exact) mass is 428 g/mol. The van der Waals surface area contributed by atoms with Gasteiger partial charge in [-0.05, 0) is 49.2 Å². The lowest BCUT2D eigenvalue weighted by atomic mass is 10.2. The van der Waals surface area contributed by atoms with Gasteiger partial charge in [-0.15, -0.1) is 10.2 Å². The number of anilines is 1. The smallest absolute Gasteiger partial charge is 0.234 e. The molecule has 2 aromatic carbocycles. The van der Waals surface area contributed by atoms with Gasteiger partial charge >= 0.3 is 0 Å². The van der Waals surface area contributed by atoms with Crippen LogP contribution in [0.3, 0.4) is 0 Å². The Morgan fingerprint density at radius 2 is 1.97 bits per heavy atom. The van der Waals surface area contributed by atoms with E-state index in [9.17, 15) is 4.79 Å². The summed E-state index contributed by atoms with van der Waals surface area (Å²) in [6.45, 7) is 1.44. The summed E-state index contributed by atoms with van der Waals surface area (Å²) in [7, 11) is 0. The van der Waals surface area contributed by atoms with Crippen LogP contribution in [0.25, 0.3) is 11.4 Å². The minimum atomic E-state index is -0.0825. The molecule has 1 N–H and O–H groups in total. The minimum Gasteiger partial charge on any atom is -0.376 e. The molecule has 1 atom stereocenters. The van der Waals surface area contributed by atoms with Crippen molar-refractivity contribution in [2.75, 3.05) is 17.7 Å². The zero-order chi connectivity index (χ0) is 20.1. The van der Waals surface area contributed by atoms with Gasteiger partial charge < -0.3 is 10.1 Å². The molecule has 0 aliphatic carbocycles. The molecule has 8 heteroatoms. The van der Waals surface area contributed by atoms with Crippen molar-refractivity contribution in [3.05, 3.63) is 59.6 Å². The van der Waals surface area contributed by atoms with Crippen molar-refractivity contribution in [3.63, 3.8) is 0 Å². The quantitative estimate of drug-likeness (QED) is 0.561. The van der Waals surface area contributed by atoms with Gasteiger partial charge in [0.2, 0.25) is 5.91 Å². The highest BCUT2D eigenvalue weighted by Crippen LogP contribution is 2.27. The Morgan fingerprint density at radius 1 is 1.17 bits per heavy atom. The lowest BCUT2D eigenvalue weighted by Crippen LogP contribution is -2.18. The van der Waals surface area contributed by atoms with Gasteiger partial charge in [0, 0.05) is 22.9 Å². The number of aromatic nitrogens is 3. The first-order valence-corrected chi connectivity index (χ1v) is 10.8. The molecule has 150 valence electrons. The van der Waals surface area contributed by atoms with Crippen molar-refractivity contribution in [2.45, 2.75) is 30.6 Å². The van der Waals surface area contributed by atoms with Crippen molar-refractivity contribution in [3.8, 4) is 11.4 Å². The Kier molecular flexibility index (Phi) is 6.49. The first kappa shape index (κ1) is 19.9. The fourth-order valence-corrected chi connectivity index (χ4v) is 4.09. The molecule has 4 rings (SSSR count). The molecule has 3 aromatic rings. The molecule has 1 fully saturated rings. The lowest BCUT2D eigenvalue weighted by Gasteiger charge is -2.14. The maximum absolute atomic E-state index is 12.3. The van der Waals surface area contributed by atoms with Gasteiger partial charge in [-0.25, -0.2) is 0 Å². The Labute approximate surface area is 178 Å². The van der Waals surface area contributed by atoms with E-state index in [1.165, 1.54) is 11.8 Å².